The van der Waals surface area contributed by atoms with Gasteiger partial charge < -0.3 is 9.64 Å². The maximum Gasteiger partial charge on any atom is 0.0600 e. The molecule has 0 unspecified atom stereocenters. The van der Waals surface area contributed by atoms with Gasteiger partial charge in [-0.15, -0.1) is 0 Å². The van der Waals surface area contributed by atoms with Gasteiger partial charge in [0, 0.05) is 13.1 Å². The topological polar surface area (TPSA) is 12.5 Å². The van der Waals surface area contributed by atoms with Gasteiger partial charge in [-0.1, -0.05) is 6.92 Å². The van der Waals surface area contributed by atoms with Gasteiger partial charge in [0.05, 0.1) is 12.2 Å². The van der Waals surface area contributed by atoms with Crippen molar-refractivity contribution in [1.82, 2.24) is 4.90 Å². The summed E-state index contributed by atoms with van der Waals surface area (Å²) in [5.74, 6) is 0.884. The Morgan fingerprint density at radius 3 is 2.54 bits per heavy atom. The Morgan fingerprint density at radius 1 is 1.38 bits per heavy atom. The average molecular weight is 185 g/mol. The van der Waals surface area contributed by atoms with E-state index in [4.69, 9.17) is 4.74 Å². The summed E-state index contributed by atoms with van der Waals surface area (Å²) < 4.78 is 5.68. The molecule has 1 saturated heterocycles. The van der Waals surface area contributed by atoms with Gasteiger partial charge >= 0.3 is 0 Å². The van der Waals surface area contributed by atoms with Gasteiger partial charge in [0.2, 0.25) is 0 Å². The number of rotatable bonds is 3. The minimum atomic E-state index is 0.0192. The molecule has 0 radical (unpaired) electrons. The molecule has 1 fully saturated rings. The molecule has 2 nitrogen and oxygen atoms in total. The van der Waals surface area contributed by atoms with Gasteiger partial charge in [-0.05, 0) is 39.7 Å². The molecule has 0 spiro atoms. The summed E-state index contributed by atoms with van der Waals surface area (Å²) in [6.07, 6.45) is 1.36. The number of ether oxygens (including phenoxy) is 1. The van der Waals surface area contributed by atoms with Crippen LogP contribution in [0.4, 0.5) is 0 Å². The summed E-state index contributed by atoms with van der Waals surface area (Å²) in [5.41, 5.74) is 0.0192. The molecule has 0 aromatic heterocycles. The molecule has 0 saturated carbocycles. The lowest BCUT2D eigenvalue weighted by molar-refractivity contribution is -0.0111. The van der Waals surface area contributed by atoms with Crippen LogP contribution < -0.4 is 0 Å². The molecular weight excluding hydrogens is 162 g/mol. The monoisotopic (exact) mass is 185 g/mol. The van der Waals surface area contributed by atoms with Crippen molar-refractivity contribution in [3.8, 4) is 0 Å². The number of likely N-dealkylation sites (tertiary alicyclic amines) is 1. The Morgan fingerprint density at radius 2 is 2.08 bits per heavy atom. The van der Waals surface area contributed by atoms with Crippen LogP contribution >= 0.6 is 0 Å². The molecule has 1 aliphatic heterocycles. The SMILES string of the molecule is C[C@H]1CCN(CCOC(C)(C)C)C1. The standard InChI is InChI=1S/C11H23NO/c1-10-5-6-12(9-10)7-8-13-11(2,3)4/h10H,5-9H2,1-4H3/t10-/m0/s1. The Kier molecular flexibility index (Phi) is 3.74. The van der Waals surface area contributed by atoms with Crippen molar-refractivity contribution in [3.05, 3.63) is 0 Å². The third-order valence-corrected chi connectivity index (χ3v) is 2.45. The molecule has 0 amide bonds. The van der Waals surface area contributed by atoms with E-state index in [1.165, 1.54) is 19.5 Å². The summed E-state index contributed by atoms with van der Waals surface area (Å²) >= 11 is 0. The van der Waals surface area contributed by atoms with Crippen LogP contribution in [0.5, 0.6) is 0 Å². The lowest BCUT2D eigenvalue weighted by Gasteiger charge is -2.22. The zero-order chi connectivity index (χ0) is 9.90. The highest BCUT2D eigenvalue weighted by Gasteiger charge is 2.18. The Hall–Kier alpha value is -0.0800. The Bertz CT molecular complexity index is 151. The molecule has 78 valence electrons. The second-order valence-electron chi connectivity index (χ2n) is 5.16. The van der Waals surface area contributed by atoms with Crippen LogP contribution in [0.2, 0.25) is 0 Å². The van der Waals surface area contributed by atoms with Crippen LogP contribution in [0.1, 0.15) is 34.1 Å². The fourth-order valence-electron chi connectivity index (χ4n) is 1.71. The van der Waals surface area contributed by atoms with Gasteiger partial charge in [0.15, 0.2) is 0 Å². The fourth-order valence-corrected chi connectivity index (χ4v) is 1.71. The number of hydrogen-bond donors (Lipinski definition) is 0. The third-order valence-electron chi connectivity index (χ3n) is 2.45. The maximum absolute atomic E-state index is 5.68. The van der Waals surface area contributed by atoms with E-state index < -0.39 is 0 Å². The molecule has 0 N–H and O–H groups in total. The van der Waals surface area contributed by atoms with Gasteiger partial charge in [0.1, 0.15) is 0 Å². The normalized spacial score (nSPS) is 25.4. The second kappa shape index (κ2) is 4.43. The average Bonchev–Trinajstić information content (AvgIpc) is 2.33. The van der Waals surface area contributed by atoms with E-state index in [-0.39, 0.29) is 5.60 Å². The molecule has 1 rings (SSSR count). The highest BCUT2D eigenvalue weighted by molar-refractivity contribution is 4.72. The van der Waals surface area contributed by atoms with Crippen molar-refractivity contribution in [2.75, 3.05) is 26.2 Å². The predicted octanol–water partition coefficient (Wildman–Crippen LogP) is 2.14. The summed E-state index contributed by atoms with van der Waals surface area (Å²) in [4.78, 5) is 2.50. The smallest absolute Gasteiger partial charge is 0.0600 e. The molecule has 0 aliphatic carbocycles. The van der Waals surface area contributed by atoms with Crippen LogP contribution in [-0.4, -0.2) is 36.7 Å². The van der Waals surface area contributed by atoms with E-state index in [9.17, 15) is 0 Å². The first-order valence-corrected chi connectivity index (χ1v) is 5.34. The molecule has 13 heavy (non-hydrogen) atoms. The van der Waals surface area contributed by atoms with Crippen molar-refractivity contribution in [1.29, 1.82) is 0 Å². The van der Waals surface area contributed by atoms with E-state index in [1.54, 1.807) is 0 Å². The van der Waals surface area contributed by atoms with Gasteiger partial charge in [-0.25, -0.2) is 0 Å². The van der Waals surface area contributed by atoms with Crippen molar-refractivity contribution < 1.29 is 4.74 Å². The molecule has 1 atom stereocenters. The summed E-state index contributed by atoms with van der Waals surface area (Å²) in [6.45, 7) is 13.1. The lowest BCUT2D eigenvalue weighted by atomic mass is 10.2. The molecule has 0 aromatic rings. The van der Waals surface area contributed by atoms with E-state index in [0.717, 1.165) is 19.1 Å². The third kappa shape index (κ3) is 4.63. The van der Waals surface area contributed by atoms with Crippen LogP contribution in [0.3, 0.4) is 0 Å². The molecular formula is C11H23NO. The van der Waals surface area contributed by atoms with Crippen molar-refractivity contribution >= 4 is 0 Å². The quantitative estimate of drug-likeness (QED) is 0.668. The number of hydrogen-bond acceptors (Lipinski definition) is 2. The largest absolute Gasteiger partial charge is 0.375 e. The van der Waals surface area contributed by atoms with Gasteiger partial charge in [-0.2, -0.15) is 0 Å². The zero-order valence-corrected chi connectivity index (χ0v) is 9.47. The van der Waals surface area contributed by atoms with Crippen molar-refractivity contribution in [2.24, 2.45) is 5.92 Å². The van der Waals surface area contributed by atoms with Crippen LogP contribution in [0.25, 0.3) is 0 Å². The lowest BCUT2D eigenvalue weighted by Crippen LogP contribution is -2.29. The van der Waals surface area contributed by atoms with E-state index >= 15 is 0 Å². The zero-order valence-electron chi connectivity index (χ0n) is 9.47. The van der Waals surface area contributed by atoms with Crippen LogP contribution in [0, 0.1) is 5.92 Å². The first kappa shape index (κ1) is 11.0. The molecule has 1 aliphatic rings. The van der Waals surface area contributed by atoms with E-state index in [0.29, 0.717) is 0 Å². The van der Waals surface area contributed by atoms with Gasteiger partial charge in [-0.3, -0.25) is 0 Å². The Balaban J connectivity index is 2.07. The summed E-state index contributed by atoms with van der Waals surface area (Å²) in [6, 6.07) is 0. The number of nitrogens with zero attached hydrogens (tertiary/aromatic N) is 1. The molecule has 0 bridgehead atoms. The summed E-state index contributed by atoms with van der Waals surface area (Å²) in [7, 11) is 0. The highest BCUT2D eigenvalue weighted by Crippen LogP contribution is 2.14. The first-order valence-electron chi connectivity index (χ1n) is 5.34. The Labute approximate surface area is 82.3 Å². The van der Waals surface area contributed by atoms with Crippen molar-refractivity contribution in [2.45, 2.75) is 39.7 Å². The van der Waals surface area contributed by atoms with Crippen molar-refractivity contribution in [3.63, 3.8) is 0 Å². The van der Waals surface area contributed by atoms with Gasteiger partial charge in [0.25, 0.3) is 0 Å². The molecule has 0 aromatic carbocycles. The predicted molar refractivity (Wildman–Crippen MR) is 55.9 cm³/mol. The van der Waals surface area contributed by atoms with E-state index in [2.05, 4.69) is 32.6 Å². The minimum absolute atomic E-state index is 0.0192. The van der Waals surface area contributed by atoms with E-state index in [1.807, 2.05) is 0 Å². The minimum Gasteiger partial charge on any atom is -0.375 e. The molecule has 1 heterocycles. The fraction of sp³-hybridized carbons (Fsp3) is 1.00. The van der Waals surface area contributed by atoms with Crippen LogP contribution in [0.15, 0.2) is 0 Å². The second-order valence-corrected chi connectivity index (χ2v) is 5.16. The highest BCUT2D eigenvalue weighted by atomic mass is 16.5. The maximum atomic E-state index is 5.68. The van der Waals surface area contributed by atoms with Crippen LogP contribution in [-0.2, 0) is 4.74 Å². The summed E-state index contributed by atoms with van der Waals surface area (Å²) in [5, 5.41) is 0. The molecule has 2 heteroatoms. The first-order chi connectivity index (χ1) is 5.97.